The number of hydrogen-bond donors (Lipinski definition) is 0. The molecule has 0 aliphatic carbocycles. The maximum atomic E-state index is 11.9. The van der Waals surface area contributed by atoms with E-state index in [1.165, 1.54) is 6.54 Å². The largest absolute Gasteiger partial charge is 0.288 e. The lowest BCUT2D eigenvalue weighted by molar-refractivity contribution is 0.114. The average molecular weight is 164 g/mol. The van der Waals surface area contributed by atoms with E-state index in [1.54, 1.807) is 0 Å². The van der Waals surface area contributed by atoms with Gasteiger partial charge in [0.25, 0.3) is 0 Å². The van der Waals surface area contributed by atoms with Crippen LogP contribution in [0.5, 0.6) is 0 Å². The van der Waals surface area contributed by atoms with E-state index < -0.39 is 19.0 Å². The van der Waals surface area contributed by atoms with E-state index in [0.29, 0.717) is 0 Å². The molecule has 2 nitrogen and oxygen atoms in total. The molecule has 1 heterocycles. The standard InChI is InChI=1S/C6H7F3N2/c7-1-2-11-4-5(3-10-11)6(8)9/h4-6H,1-2H2. The van der Waals surface area contributed by atoms with E-state index in [4.69, 9.17) is 0 Å². The van der Waals surface area contributed by atoms with Gasteiger partial charge in [-0.25, -0.2) is 13.2 Å². The summed E-state index contributed by atoms with van der Waals surface area (Å²) in [7, 11) is 0. The molecule has 2 radical (unpaired) electrons. The quantitative estimate of drug-likeness (QED) is 0.611. The second-order valence-corrected chi connectivity index (χ2v) is 2.09. The topological polar surface area (TPSA) is 15.6 Å². The van der Waals surface area contributed by atoms with E-state index in [0.717, 1.165) is 5.01 Å². The maximum absolute atomic E-state index is 11.9. The number of alkyl halides is 3. The highest BCUT2D eigenvalue weighted by atomic mass is 19.3. The minimum absolute atomic E-state index is 0.0240. The Morgan fingerprint density at radius 3 is 2.82 bits per heavy atom. The predicted molar refractivity (Wildman–Crippen MR) is 33.9 cm³/mol. The molecule has 0 aromatic heterocycles. The van der Waals surface area contributed by atoms with Crippen LogP contribution in [0.25, 0.3) is 0 Å². The van der Waals surface area contributed by atoms with Gasteiger partial charge in [0.1, 0.15) is 6.67 Å². The molecule has 0 bridgehead atoms. The van der Waals surface area contributed by atoms with Gasteiger partial charge in [-0.3, -0.25) is 5.01 Å². The molecule has 1 aliphatic heterocycles. The van der Waals surface area contributed by atoms with E-state index in [9.17, 15) is 13.2 Å². The SMILES string of the molecule is FCCN1[CH]C(C(F)F)[C]=N1. The van der Waals surface area contributed by atoms with Crippen molar-refractivity contribution in [3.8, 4) is 0 Å². The number of rotatable bonds is 3. The summed E-state index contributed by atoms with van der Waals surface area (Å²) in [5.74, 6) is -1.07. The molecule has 0 aromatic rings. The van der Waals surface area contributed by atoms with E-state index in [-0.39, 0.29) is 6.54 Å². The highest BCUT2D eigenvalue weighted by molar-refractivity contribution is 5.64. The van der Waals surface area contributed by atoms with Crippen LogP contribution in [-0.2, 0) is 0 Å². The number of nitrogens with zero attached hydrogens (tertiary/aromatic N) is 2. The van der Waals surface area contributed by atoms with E-state index >= 15 is 0 Å². The first-order valence-electron chi connectivity index (χ1n) is 3.16. The molecule has 0 aromatic carbocycles. The Kier molecular flexibility index (Phi) is 2.73. The fourth-order valence-corrected chi connectivity index (χ4v) is 0.725. The zero-order chi connectivity index (χ0) is 8.27. The Labute approximate surface area is 62.7 Å². The Bertz CT molecular complexity index is 149. The number of hydrogen-bond acceptors (Lipinski definition) is 2. The Balaban J connectivity index is 2.31. The molecule has 1 atom stereocenters. The first kappa shape index (κ1) is 8.36. The molecule has 0 N–H and O–H groups in total. The van der Waals surface area contributed by atoms with Gasteiger partial charge < -0.3 is 0 Å². The van der Waals surface area contributed by atoms with Crippen LogP contribution in [0, 0.1) is 12.5 Å². The van der Waals surface area contributed by atoms with Crippen molar-refractivity contribution in [3.05, 3.63) is 6.54 Å². The molecule has 11 heavy (non-hydrogen) atoms. The molecule has 5 heteroatoms. The van der Waals surface area contributed by atoms with Crippen molar-refractivity contribution < 1.29 is 13.2 Å². The number of halogens is 3. The van der Waals surface area contributed by atoms with Crippen molar-refractivity contribution in [2.75, 3.05) is 13.2 Å². The van der Waals surface area contributed by atoms with Crippen molar-refractivity contribution in [1.82, 2.24) is 5.01 Å². The Morgan fingerprint density at radius 1 is 1.64 bits per heavy atom. The van der Waals surface area contributed by atoms with Crippen LogP contribution in [0.4, 0.5) is 13.2 Å². The Morgan fingerprint density at radius 2 is 2.36 bits per heavy atom. The summed E-state index contributed by atoms with van der Waals surface area (Å²) >= 11 is 0. The normalized spacial score (nSPS) is 23.6. The second kappa shape index (κ2) is 3.59. The third-order valence-corrected chi connectivity index (χ3v) is 1.25. The first-order valence-corrected chi connectivity index (χ1v) is 3.16. The fourth-order valence-electron chi connectivity index (χ4n) is 0.725. The van der Waals surface area contributed by atoms with Crippen molar-refractivity contribution in [1.29, 1.82) is 0 Å². The van der Waals surface area contributed by atoms with Gasteiger partial charge in [0.15, 0.2) is 0 Å². The van der Waals surface area contributed by atoms with Gasteiger partial charge in [0, 0.05) is 0 Å². The van der Waals surface area contributed by atoms with E-state index in [1.807, 2.05) is 0 Å². The maximum Gasteiger partial charge on any atom is 0.249 e. The van der Waals surface area contributed by atoms with Gasteiger partial charge in [-0.15, -0.1) is 0 Å². The molecule has 1 aliphatic rings. The Hall–Kier alpha value is -0.740. The van der Waals surface area contributed by atoms with Crippen molar-refractivity contribution in [2.45, 2.75) is 6.43 Å². The van der Waals surface area contributed by atoms with Crippen LogP contribution in [0.15, 0.2) is 5.10 Å². The van der Waals surface area contributed by atoms with Crippen LogP contribution in [0.2, 0.25) is 0 Å². The van der Waals surface area contributed by atoms with Gasteiger partial charge in [-0.05, 0) is 0 Å². The van der Waals surface area contributed by atoms with Crippen LogP contribution >= 0.6 is 0 Å². The van der Waals surface area contributed by atoms with Crippen molar-refractivity contribution in [2.24, 2.45) is 11.0 Å². The lowest BCUT2D eigenvalue weighted by atomic mass is 10.2. The van der Waals surface area contributed by atoms with Crippen molar-refractivity contribution >= 4 is 6.21 Å². The van der Waals surface area contributed by atoms with Gasteiger partial charge in [0.05, 0.1) is 25.2 Å². The average Bonchev–Trinajstić information content (AvgIpc) is 2.37. The molecule has 0 spiro atoms. The minimum Gasteiger partial charge on any atom is -0.288 e. The van der Waals surface area contributed by atoms with Crippen LogP contribution in [0.1, 0.15) is 0 Å². The van der Waals surface area contributed by atoms with Gasteiger partial charge in [-0.1, -0.05) is 0 Å². The molecule has 1 rings (SSSR count). The molecule has 1 unspecified atom stereocenters. The molecule has 0 saturated heterocycles. The fraction of sp³-hybridized carbons (Fsp3) is 0.667. The second-order valence-electron chi connectivity index (χ2n) is 2.09. The zero-order valence-electron chi connectivity index (χ0n) is 5.67. The van der Waals surface area contributed by atoms with Crippen molar-refractivity contribution in [3.63, 3.8) is 0 Å². The molecule has 0 saturated carbocycles. The summed E-state index contributed by atoms with van der Waals surface area (Å²) in [6.45, 7) is 0.595. The van der Waals surface area contributed by atoms with Crippen LogP contribution in [-0.4, -0.2) is 30.9 Å². The van der Waals surface area contributed by atoms with Gasteiger partial charge in [-0.2, -0.15) is 5.10 Å². The summed E-state index contributed by atoms with van der Waals surface area (Å²) in [6, 6.07) is 0. The van der Waals surface area contributed by atoms with E-state index in [2.05, 4.69) is 11.3 Å². The molecular formula is C6H7F3N2. The van der Waals surface area contributed by atoms with Gasteiger partial charge >= 0.3 is 0 Å². The predicted octanol–water partition coefficient (Wildman–Crippen LogP) is 1.18. The summed E-state index contributed by atoms with van der Waals surface area (Å²) in [5, 5.41) is 4.57. The zero-order valence-corrected chi connectivity index (χ0v) is 5.67. The summed E-state index contributed by atoms with van der Waals surface area (Å²) in [4.78, 5) is 0. The lowest BCUT2D eigenvalue weighted by Crippen LogP contribution is -2.18. The highest BCUT2D eigenvalue weighted by Crippen LogP contribution is 2.18. The third kappa shape index (κ3) is 2.10. The highest BCUT2D eigenvalue weighted by Gasteiger charge is 2.26. The molecular weight excluding hydrogens is 157 g/mol. The summed E-state index contributed by atoms with van der Waals surface area (Å²) in [6.07, 6.45) is -0.327. The smallest absolute Gasteiger partial charge is 0.249 e. The van der Waals surface area contributed by atoms with Crippen LogP contribution in [0.3, 0.4) is 0 Å². The minimum atomic E-state index is -2.50. The molecule has 62 valence electrons. The van der Waals surface area contributed by atoms with Gasteiger partial charge in [0.2, 0.25) is 6.43 Å². The summed E-state index contributed by atoms with van der Waals surface area (Å²) < 4.78 is 35.4. The van der Waals surface area contributed by atoms with Crippen LogP contribution < -0.4 is 0 Å². The number of hydrazone groups is 1. The summed E-state index contributed by atoms with van der Waals surface area (Å²) in [5.41, 5.74) is 0. The lowest BCUT2D eigenvalue weighted by Gasteiger charge is -2.11. The monoisotopic (exact) mass is 164 g/mol. The molecule has 0 fully saturated rings. The first-order chi connectivity index (χ1) is 5.24. The molecule has 0 amide bonds. The third-order valence-electron chi connectivity index (χ3n) is 1.25.